The van der Waals surface area contributed by atoms with Crippen LogP contribution in [0.4, 0.5) is 0 Å². The first-order chi connectivity index (χ1) is 8.21. The van der Waals surface area contributed by atoms with E-state index in [-0.39, 0.29) is 0 Å². The predicted octanol–water partition coefficient (Wildman–Crippen LogP) is 4.84. The molecule has 0 fully saturated rings. The Labute approximate surface area is 129 Å². The lowest BCUT2D eigenvalue weighted by molar-refractivity contribution is 0.545. The molecule has 0 heterocycles. The fraction of sp³-hybridized carbons (Fsp3) is 1.00. The lowest BCUT2D eigenvalue weighted by Gasteiger charge is -2.13. The van der Waals surface area contributed by atoms with E-state index in [9.17, 15) is 9.59 Å². The van der Waals surface area contributed by atoms with Crippen molar-refractivity contribution in [3.05, 3.63) is 0 Å². The number of hydrogen-bond acceptors (Lipinski definition) is 6. The van der Waals surface area contributed by atoms with Gasteiger partial charge in [0.05, 0.1) is 0 Å². The lowest BCUT2D eigenvalue weighted by atomic mass is 10.6. The maximum atomic E-state index is 9.68. The zero-order chi connectivity index (χ0) is 14.1. The third-order valence-electron chi connectivity index (χ3n) is 2.16. The highest BCUT2D eigenvalue weighted by Crippen LogP contribution is 2.43. The van der Waals surface area contributed by atoms with E-state index < -0.39 is 16.6 Å². The van der Waals surface area contributed by atoms with Crippen LogP contribution in [-0.4, -0.2) is 37.7 Å². The molecule has 0 bridgehead atoms. The molecule has 0 aliphatic rings. The summed E-state index contributed by atoms with van der Waals surface area (Å²) in [5.41, 5.74) is 0. The summed E-state index contributed by atoms with van der Waals surface area (Å²) >= 11 is 0. The minimum Gasteiger partial charge on any atom is -0.432 e. The molecular weight excluding hydrogens is 337 g/mol. The SMILES string of the molecule is C[Si](C)(O)CCCSSSSCCC[Si](C)(C)O. The molecule has 2 nitrogen and oxygen atoms in total. The summed E-state index contributed by atoms with van der Waals surface area (Å²) < 4.78 is 0. The van der Waals surface area contributed by atoms with E-state index in [4.69, 9.17) is 0 Å². The lowest BCUT2D eigenvalue weighted by Crippen LogP contribution is -2.24. The Morgan fingerprint density at radius 3 is 1.33 bits per heavy atom. The molecule has 0 rings (SSSR count). The van der Waals surface area contributed by atoms with Gasteiger partial charge in [0.15, 0.2) is 16.6 Å². The van der Waals surface area contributed by atoms with E-state index in [1.54, 1.807) is 0 Å². The highest BCUT2D eigenvalue weighted by molar-refractivity contribution is 9.26. The second-order valence-electron chi connectivity index (χ2n) is 5.61. The second-order valence-corrected chi connectivity index (χ2v) is 20.1. The van der Waals surface area contributed by atoms with Crippen LogP contribution in [0.2, 0.25) is 38.3 Å². The molecule has 0 aromatic carbocycles. The van der Waals surface area contributed by atoms with E-state index in [0.717, 1.165) is 36.4 Å². The molecule has 0 aromatic rings. The van der Waals surface area contributed by atoms with E-state index in [1.807, 2.05) is 67.4 Å². The van der Waals surface area contributed by atoms with Crippen molar-refractivity contribution in [3.8, 4) is 0 Å². The predicted molar refractivity (Wildman–Crippen MR) is 98.3 cm³/mol. The summed E-state index contributed by atoms with van der Waals surface area (Å²) in [5, 5.41) is 0. The smallest absolute Gasteiger partial charge is 0.182 e. The van der Waals surface area contributed by atoms with Gasteiger partial charge in [0, 0.05) is 11.5 Å². The van der Waals surface area contributed by atoms with Crippen molar-refractivity contribution in [2.75, 3.05) is 11.5 Å². The third kappa shape index (κ3) is 17.8. The largest absolute Gasteiger partial charge is 0.432 e. The van der Waals surface area contributed by atoms with Crippen LogP contribution in [0.3, 0.4) is 0 Å². The second kappa shape index (κ2) is 10.5. The van der Waals surface area contributed by atoms with Crippen molar-refractivity contribution in [1.82, 2.24) is 0 Å². The van der Waals surface area contributed by atoms with Gasteiger partial charge in [0.25, 0.3) is 0 Å². The molecule has 18 heavy (non-hydrogen) atoms. The van der Waals surface area contributed by atoms with Gasteiger partial charge in [0.2, 0.25) is 0 Å². The third-order valence-corrected chi connectivity index (χ3v) is 11.9. The van der Waals surface area contributed by atoms with Crippen LogP contribution in [0, 0.1) is 0 Å². The molecule has 0 saturated carbocycles. The molecule has 0 aromatic heterocycles. The maximum Gasteiger partial charge on any atom is 0.182 e. The Hall–Kier alpha value is 1.75. The molecule has 0 atom stereocenters. The van der Waals surface area contributed by atoms with Gasteiger partial charge < -0.3 is 9.59 Å². The van der Waals surface area contributed by atoms with Crippen molar-refractivity contribution in [1.29, 1.82) is 0 Å². The minimum atomic E-state index is -1.82. The molecule has 8 heteroatoms. The quantitative estimate of drug-likeness (QED) is 0.311. The molecular formula is C10H26O2S4Si2. The Kier molecular flexibility index (Phi) is 11.5. The standard InChI is InChI=1S/C10H26O2S4Si2/c1-17(2,11)9-5-7-13-15-16-14-8-6-10-18(3,4)12/h11-12H,5-10H2,1-4H3. The Morgan fingerprint density at radius 1 is 0.722 bits per heavy atom. The van der Waals surface area contributed by atoms with Gasteiger partial charge in [-0.3, -0.25) is 0 Å². The van der Waals surface area contributed by atoms with Gasteiger partial charge in [-0.2, -0.15) is 0 Å². The van der Waals surface area contributed by atoms with Crippen molar-refractivity contribution in [2.45, 2.75) is 51.1 Å². The summed E-state index contributed by atoms with van der Waals surface area (Å²) in [4.78, 5) is 19.4. The van der Waals surface area contributed by atoms with Crippen molar-refractivity contribution in [3.63, 3.8) is 0 Å². The minimum absolute atomic E-state index is 1.01. The van der Waals surface area contributed by atoms with Crippen molar-refractivity contribution >= 4 is 57.9 Å². The summed E-state index contributed by atoms with van der Waals surface area (Å²) in [5.74, 6) is 2.26. The van der Waals surface area contributed by atoms with Crippen LogP contribution in [0.25, 0.3) is 0 Å². The molecule has 110 valence electrons. The van der Waals surface area contributed by atoms with Crippen LogP contribution in [0.15, 0.2) is 0 Å². The average Bonchev–Trinajstić information content (AvgIpc) is 2.17. The summed E-state index contributed by atoms with van der Waals surface area (Å²) in [7, 11) is 3.82. The van der Waals surface area contributed by atoms with Gasteiger partial charge in [-0.15, -0.1) is 0 Å². The Balaban J connectivity index is 3.13. The number of hydrogen-bond donors (Lipinski definition) is 2. The summed E-state index contributed by atoms with van der Waals surface area (Å²) in [6.45, 7) is 8.01. The molecule has 0 unspecified atom stereocenters. The first-order valence-corrected chi connectivity index (χ1v) is 17.7. The number of rotatable bonds is 11. The molecule has 0 amide bonds. The highest BCUT2D eigenvalue weighted by atomic mass is 33.7. The Bertz CT molecular complexity index is 185. The average molecular weight is 363 g/mol. The van der Waals surface area contributed by atoms with E-state index in [1.165, 1.54) is 0 Å². The topological polar surface area (TPSA) is 40.5 Å². The molecule has 0 saturated heterocycles. The van der Waals surface area contributed by atoms with Gasteiger partial charge in [0.1, 0.15) is 0 Å². The highest BCUT2D eigenvalue weighted by Gasteiger charge is 2.16. The van der Waals surface area contributed by atoms with E-state index >= 15 is 0 Å². The van der Waals surface area contributed by atoms with Gasteiger partial charge in [-0.05, 0) is 70.8 Å². The molecule has 2 N–H and O–H groups in total. The normalized spacial score (nSPS) is 13.0. The van der Waals surface area contributed by atoms with E-state index in [2.05, 4.69) is 0 Å². The van der Waals surface area contributed by atoms with E-state index in [0.29, 0.717) is 0 Å². The monoisotopic (exact) mass is 362 g/mol. The van der Waals surface area contributed by atoms with Crippen LogP contribution in [0.5, 0.6) is 0 Å². The fourth-order valence-electron chi connectivity index (χ4n) is 1.23. The Morgan fingerprint density at radius 2 is 1.06 bits per heavy atom. The van der Waals surface area contributed by atoms with Gasteiger partial charge in [-0.25, -0.2) is 0 Å². The zero-order valence-corrected chi connectivity index (χ0v) is 17.0. The van der Waals surface area contributed by atoms with Crippen molar-refractivity contribution < 1.29 is 9.59 Å². The molecule has 0 spiro atoms. The first kappa shape index (κ1) is 19.8. The maximum absolute atomic E-state index is 9.68. The van der Waals surface area contributed by atoms with Crippen LogP contribution >= 0.6 is 41.2 Å². The fourth-order valence-corrected chi connectivity index (χ4v) is 9.97. The molecule has 0 radical (unpaired) electrons. The molecule has 0 aliphatic carbocycles. The molecule has 0 aliphatic heterocycles. The zero-order valence-electron chi connectivity index (χ0n) is 11.8. The van der Waals surface area contributed by atoms with Crippen molar-refractivity contribution in [2.24, 2.45) is 0 Å². The van der Waals surface area contributed by atoms with Gasteiger partial charge >= 0.3 is 0 Å². The van der Waals surface area contributed by atoms with Crippen LogP contribution < -0.4 is 0 Å². The van der Waals surface area contributed by atoms with Crippen LogP contribution in [-0.2, 0) is 0 Å². The van der Waals surface area contributed by atoms with Crippen LogP contribution in [0.1, 0.15) is 12.8 Å². The summed E-state index contributed by atoms with van der Waals surface area (Å²) in [6.07, 6.45) is 2.26. The summed E-state index contributed by atoms with van der Waals surface area (Å²) in [6, 6.07) is 2.02. The van der Waals surface area contributed by atoms with Gasteiger partial charge in [-0.1, -0.05) is 21.6 Å². The first-order valence-electron chi connectivity index (χ1n) is 6.23.